The lowest BCUT2D eigenvalue weighted by atomic mass is 10.2. The number of fused-ring (bicyclic) bond motifs is 1. The summed E-state index contributed by atoms with van der Waals surface area (Å²) in [6, 6.07) is 14.1. The Morgan fingerprint density at radius 1 is 0.968 bits per heavy atom. The Bertz CT molecular complexity index is 1210. The molecule has 1 saturated heterocycles. The van der Waals surface area contributed by atoms with E-state index in [1.54, 1.807) is 0 Å². The van der Waals surface area contributed by atoms with Crippen molar-refractivity contribution >= 4 is 32.5 Å². The molecule has 0 aliphatic carbocycles. The number of sulfonamides is 1. The van der Waals surface area contributed by atoms with Crippen molar-refractivity contribution in [2.24, 2.45) is 0 Å². The van der Waals surface area contributed by atoms with Crippen molar-refractivity contribution in [3.8, 4) is 0 Å². The van der Waals surface area contributed by atoms with Crippen molar-refractivity contribution in [2.75, 3.05) is 26.2 Å². The van der Waals surface area contributed by atoms with Gasteiger partial charge in [0.25, 0.3) is 0 Å². The highest BCUT2D eigenvalue weighted by Gasteiger charge is 2.35. The summed E-state index contributed by atoms with van der Waals surface area (Å²) in [5.74, 6) is 0. The standard InChI is InChI=1S/C21H19ClF3N3O2S/c22-18-8-6-16(21(23,24)25)13-20(18)31(29,30)28-11-9-27(10-12-28)14-17-7-5-15-3-1-2-4-19(15)26-17/h1-8,13H,9-12,14H2. The Kier molecular flexibility index (Phi) is 5.95. The third-order valence-electron chi connectivity index (χ3n) is 5.25. The third kappa shape index (κ3) is 4.69. The quantitative estimate of drug-likeness (QED) is 0.568. The SMILES string of the molecule is O=S(=O)(c1cc(C(F)(F)F)ccc1Cl)N1CCN(Cc2ccc3ccccc3n2)CC1. The maximum absolute atomic E-state index is 13.0. The van der Waals surface area contributed by atoms with Gasteiger partial charge in [0, 0.05) is 38.1 Å². The van der Waals surface area contributed by atoms with Crippen LogP contribution in [0.2, 0.25) is 5.02 Å². The summed E-state index contributed by atoms with van der Waals surface area (Å²) in [5, 5.41) is 0.816. The topological polar surface area (TPSA) is 53.5 Å². The second kappa shape index (κ2) is 8.38. The molecule has 4 rings (SSSR count). The van der Waals surface area contributed by atoms with E-state index >= 15 is 0 Å². The molecule has 0 bridgehead atoms. The van der Waals surface area contributed by atoms with Crippen molar-refractivity contribution in [3.05, 3.63) is 70.9 Å². The number of alkyl halides is 3. The van der Waals surface area contributed by atoms with Gasteiger partial charge in [0.15, 0.2) is 0 Å². The van der Waals surface area contributed by atoms with Crippen LogP contribution in [0.4, 0.5) is 13.2 Å². The summed E-state index contributed by atoms with van der Waals surface area (Å²) >= 11 is 5.94. The number of hydrogen-bond donors (Lipinski definition) is 0. The van der Waals surface area contributed by atoms with Crippen LogP contribution in [0.5, 0.6) is 0 Å². The first-order chi connectivity index (χ1) is 14.6. The minimum Gasteiger partial charge on any atom is -0.295 e. The maximum atomic E-state index is 13.0. The van der Waals surface area contributed by atoms with Gasteiger partial charge in [0.05, 0.1) is 21.8 Å². The molecule has 0 spiro atoms. The van der Waals surface area contributed by atoms with Crippen LogP contribution in [0.3, 0.4) is 0 Å². The molecular formula is C21H19ClF3N3O2S. The van der Waals surface area contributed by atoms with Crippen molar-refractivity contribution in [1.82, 2.24) is 14.2 Å². The zero-order valence-corrected chi connectivity index (χ0v) is 17.9. The first kappa shape index (κ1) is 22.0. The van der Waals surface area contributed by atoms with Gasteiger partial charge in [0.2, 0.25) is 10.0 Å². The number of piperazine rings is 1. The van der Waals surface area contributed by atoms with E-state index in [0.717, 1.165) is 28.7 Å². The second-order valence-electron chi connectivity index (χ2n) is 7.32. The molecule has 0 saturated carbocycles. The van der Waals surface area contributed by atoms with Gasteiger partial charge in [-0.25, -0.2) is 8.42 Å². The van der Waals surface area contributed by atoms with Crippen LogP contribution in [0, 0.1) is 0 Å². The van der Waals surface area contributed by atoms with Gasteiger partial charge in [-0.15, -0.1) is 0 Å². The van der Waals surface area contributed by atoms with Gasteiger partial charge in [0.1, 0.15) is 4.90 Å². The fourth-order valence-electron chi connectivity index (χ4n) is 3.57. The van der Waals surface area contributed by atoms with Gasteiger partial charge in [-0.05, 0) is 30.3 Å². The molecule has 164 valence electrons. The fourth-order valence-corrected chi connectivity index (χ4v) is 5.49. The first-order valence-electron chi connectivity index (χ1n) is 9.58. The largest absolute Gasteiger partial charge is 0.416 e. The van der Waals surface area contributed by atoms with Crippen molar-refractivity contribution < 1.29 is 21.6 Å². The van der Waals surface area contributed by atoms with Crippen LogP contribution in [0.25, 0.3) is 10.9 Å². The van der Waals surface area contributed by atoms with Gasteiger partial charge >= 0.3 is 6.18 Å². The van der Waals surface area contributed by atoms with E-state index < -0.39 is 26.7 Å². The number of benzene rings is 2. The number of hydrogen-bond acceptors (Lipinski definition) is 4. The molecule has 3 aromatic rings. The van der Waals surface area contributed by atoms with Crippen molar-refractivity contribution in [1.29, 1.82) is 0 Å². The van der Waals surface area contributed by atoms with Gasteiger partial charge in [-0.3, -0.25) is 9.88 Å². The van der Waals surface area contributed by atoms with Crippen LogP contribution in [-0.2, 0) is 22.7 Å². The van der Waals surface area contributed by atoms with E-state index in [1.807, 2.05) is 36.4 Å². The summed E-state index contributed by atoms with van der Waals surface area (Å²) in [4.78, 5) is 6.18. The molecule has 0 N–H and O–H groups in total. The summed E-state index contributed by atoms with van der Waals surface area (Å²) < 4.78 is 66.1. The minimum atomic E-state index is -4.65. The van der Waals surface area contributed by atoms with Crippen LogP contribution in [-0.4, -0.2) is 48.8 Å². The molecule has 0 unspecified atom stereocenters. The van der Waals surface area contributed by atoms with E-state index in [-0.39, 0.29) is 18.1 Å². The van der Waals surface area contributed by atoms with E-state index in [0.29, 0.717) is 25.7 Å². The Morgan fingerprint density at radius 3 is 2.39 bits per heavy atom. The van der Waals surface area contributed by atoms with E-state index in [1.165, 1.54) is 4.31 Å². The molecule has 0 radical (unpaired) electrons. The smallest absolute Gasteiger partial charge is 0.295 e. The summed E-state index contributed by atoms with van der Waals surface area (Å²) in [5.41, 5.74) is 0.716. The van der Waals surface area contributed by atoms with E-state index in [4.69, 9.17) is 11.6 Å². The summed E-state index contributed by atoms with van der Waals surface area (Å²) in [7, 11) is -4.14. The highest BCUT2D eigenvalue weighted by molar-refractivity contribution is 7.89. The van der Waals surface area contributed by atoms with Crippen LogP contribution in [0.15, 0.2) is 59.5 Å². The van der Waals surface area contributed by atoms with Crippen LogP contribution < -0.4 is 0 Å². The molecular weight excluding hydrogens is 451 g/mol. The Balaban J connectivity index is 1.46. The Morgan fingerprint density at radius 2 is 1.68 bits per heavy atom. The minimum absolute atomic E-state index is 0.155. The number of para-hydroxylation sites is 1. The molecule has 1 aliphatic heterocycles. The maximum Gasteiger partial charge on any atom is 0.416 e. The molecule has 10 heteroatoms. The third-order valence-corrected chi connectivity index (χ3v) is 7.63. The zero-order valence-electron chi connectivity index (χ0n) is 16.3. The number of nitrogens with zero attached hydrogens (tertiary/aromatic N) is 3. The average molecular weight is 470 g/mol. The first-order valence-corrected chi connectivity index (χ1v) is 11.4. The normalized spacial score (nSPS) is 16.6. The van der Waals surface area contributed by atoms with E-state index in [9.17, 15) is 21.6 Å². The molecule has 0 atom stereocenters. The molecule has 1 aliphatic rings. The molecule has 1 fully saturated rings. The molecule has 2 aromatic carbocycles. The monoisotopic (exact) mass is 469 g/mol. The highest BCUT2D eigenvalue weighted by atomic mass is 35.5. The van der Waals surface area contributed by atoms with Gasteiger partial charge in [-0.1, -0.05) is 35.9 Å². The van der Waals surface area contributed by atoms with E-state index in [2.05, 4.69) is 9.88 Å². The predicted molar refractivity (Wildman–Crippen MR) is 112 cm³/mol. The second-order valence-corrected chi connectivity index (χ2v) is 9.63. The van der Waals surface area contributed by atoms with Crippen LogP contribution >= 0.6 is 11.6 Å². The molecule has 0 amide bonds. The number of halogens is 4. The number of aromatic nitrogens is 1. The average Bonchev–Trinajstić information content (AvgIpc) is 2.73. The lowest BCUT2D eigenvalue weighted by Gasteiger charge is -2.34. The highest BCUT2D eigenvalue weighted by Crippen LogP contribution is 2.34. The van der Waals surface area contributed by atoms with Gasteiger partial charge in [-0.2, -0.15) is 17.5 Å². The lowest BCUT2D eigenvalue weighted by molar-refractivity contribution is -0.137. The molecule has 1 aromatic heterocycles. The number of pyridine rings is 1. The molecule has 5 nitrogen and oxygen atoms in total. The van der Waals surface area contributed by atoms with Crippen LogP contribution in [0.1, 0.15) is 11.3 Å². The number of rotatable bonds is 4. The predicted octanol–water partition coefficient (Wildman–Crippen LogP) is 4.41. The van der Waals surface area contributed by atoms with Crippen molar-refractivity contribution in [2.45, 2.75) is 17.6 Å². The zero-order chi connectivity index (χ0) is 22.2. The lowest BCUT2D eigenvalue weighted by Crippen LogP contribution is -2.48. The molecule has 2 heterocycles. The van der Waals surface area contributed by atoms with Crippen molar-refractivity contribution in [3.63, 3.8) is 0 Å². The summed E-state index contributed by atoms with van der Waals surface area (Å²) in [6.45, 7) is 1.74. The van der Waals surface area contributed by atoms with Gasteiger partial charge < -0.3 is 0 Å². The Hall–Kier alpha value is -2.20. The molecule has 31 heavy (non-hydrogen) atoms. The fraction of sp³-hybridized carbons (Fsp3) is 0.286. The Labute approximate surface area is 183 Å². The summed E-state index contributed by atoms with van der Waals surface area (Å²) in [6.07, 6.45) is -4.65.